The van der Waals surface area contributed by atoms with Crippen LogP contribution >= 0.6 is 0 Å². The van der Waals surface area contributed by atoms with Crippen molar-refractivity contribution in [3.05, 3.63) is 29.8 Å². The molecule has 1 aliphatic carbocycles. The summed E-state index contributed by atoms with van der Waals surface area (Å²) in [5, 5.41) is 18.5. The number of hydrogen-bond donors (Lipinski definition) is 2. The van der Waals surface area contributed by atoms with Crippen molar-refractivity contribution in [2.45, 2.75) is 31.4 Å². The van der Waals surface area contributed by atoms with E-state index in [4.69, 9.17) is 9.84 Å². The molecule has 0 saturated heterocycles. The van der Waals surface area contributed by atoms with Gasteiger partial charge in [0.25, 0.3) is 0 Å². The third kappa shape index (κ3) is 2.28. The second-order valence-electron chi connectivity index (χ2n) is 5.06. The number of aromatic hydroxyl groups is 1. The lowest BCUT2D eigenvalue weighted by atomic mass is 9.84. The number of carboxylic acid groups (broad SMARTS) is 1. The predicted molar refractivity (Wildman–Crippen MR) is 68.3 cm³/mol. The monoisotopic (exact) mass is 261 g/mol. The van der Waals surface area contributed by atoms with Gasteiger partial charge < -0.3 is 14.9 Å². The highest BCUT2D eigenvalue weighted by atomic mass is 16.5. The molecule has 1 fully saturated rings. The van der Waals surface area contributed by atoms with Crippen LogP contribution in [0.1, 0.15) is 24.8 Å². The van der Waals surface area contributed by atoms with Crippen LogP contribution in [0.3, 0.4) is 0 Å². The van der Waals surface area contributed by atoms with Gasteiger partial charge in [0.2, 0.25) is 5.90 Å². The SMILES string of the molecule is O=C(O)C1CCC2N=C(c3cccc(O)c3)OC2C1. The van der Waals surface area contributed by atoms with Gasteiger partial charge in [-0.1, -0.05) is 6.07 Å². The summed E-state index contributed by atoms with van der Waals surface area (Å²) in [7, 11) is 0. The second kappa shape index (κ2) is 4.57. The number of hydrogen-bond acceptors (Lipinski definition) is 4. The Bertz CT molecular complexity index is 540. The molecule has 0 spiro atoms. The fourth-order valence-corrected chi connectivity index (χ4v) is 2.72. The van der Waals surface area contributed by atoms with E-state index >= 15 is 0 Å². The van der Waals surface area contributed by atoms with Gasteiger partial charge in [-0.15, -0.1) is 0 Å². The van der Waals surface area contributed by atoms with Gasteiger partial charge >= 0.3 is 5.97 Å². The van der Waals surface area contributed by atoms with E-state index in [9.17, 15) is 9.90 Å². The zero-order valence-corrected chi connectivity index (χ0v) is 10.3. The van der Waals surface area contributed by atoms with Gasteiger partial charge in [0.05, 0.1) is 12.0 Å². The van der Waals surface area contributed by atoms with Crippen molar-refractivity contribution in [2.75, 3.05) is 0 Å². The quantitative estimate of drug-likeness (QED) is 0.850. The number of phenols is 1. The standard InChI is InChI=1S/C14H15NO4/c16-10-3-1-2-8(6-10)13-15-11-5-4-9(14(17)18)7-12(11)19-13/h1-3,6,9,11-12,16H,4-5,7H2,(H,17,18). The minimum Gasteiger partial charge on any atom is -0.508 e. The Kier molecular flexibility index (Phi) is 2.89. The lowest BCUT2D eigenvalue weighted by Gasteiger charge is -2.26. The molecular weight excluding hydrogens is 246 g/mol. The molecule has 5 heteroatoms. The zero-order chi connectivity index (χ0) is 13.4. The minimum absolute atomic E-state index is 0.0490. The number of phenolic OH excluding ortho intramolecular Hbond substituents is 1. The van der Waals surface area contributed by atoms with Crippen molar-refractivity contribution in [3.63, 3.8) is 0 Å². The molecule has 0 aromatic heterocycles. The summed E-state index contributed by atoms with van der Waals surface area (Å²) >= 11 is 0. The van der Waals surface area contributed by atoms with E-state index in [0.29, 0.717) is 18.7 Å². The van der Waals surface area contributed by atoms with Crippen LogP contribution in [0.25, 0.3) is 0 Å². The first-order valence-corrected chi connectivity index (χ1v) is 6.40. The molecule has 3 atom stereocenters. The predicted octanol–water partition coefficient (Wildman–Crippen LogP) is 1.79. The molecular formula is C14H15NO4. The highest BCUT2D eigenvalue weighted by Gasteiger charge is 2.39. The van der Waals surface area contributed by atoms with Crippen LogP contribution < -0.4 is 0 Å². The summed E-state index contributed by atoms with van der Waals surface area (Å²) in [4.78, 5) is 15.5. The van der Waals surface area contributed by atoms with E-state index in [1.807, 2.05) is 6.07 Å². The van der Waals surface area contributed by atoms with Crippen LogP contribution in [0.5, 0.6) is 5.75 Å². The third-order valence-electron chi connectivity index (χ3n) is 3.75. The summed E-state index contributed by atoms with van der Waals surface area (Å²) in [6.07, 6.45) is 1.75. The number of carbonyl (C=O) groups is 1. The van der Waals surface area contributed by atoms with Gasteiger partial charge in [0, 0.05) is 5.56 Å². The molecule has 0 radical (unpaired) electrons. The maximum atomic E-state index is 11.0. The largest absolute Gasteiger partial charge is 0.508 e. The normalized spacial score (nSPS) is 29.3. The average molecular weight is 261 g/mol. The van der Waals surface area contributed by atoms with Gasteiger partial charge in [0.1, 0.15) is 11.9 Å². The zero-order valence-electron chi connectivity index (χ0n) is 10.3. The molecule has 3 rings (SSSR count). The molecule has 1 saturated carbocycles. The summed E-state index contributed by atoms with van der Waals surface area (Å²) in [5.74, 6) is -0.410. The van der Waals surface area contributed by atoms with Gasteiger partial charge in [-0.3, -0.25) is 4.79 Å². The smallest absolute Gasteiger partial charge is 0.306 e. The Labute approximate surface area is 110 Å². The van der Waals surface area contributed by atoms with Crippen LogP contribution in [0.15, 0.2) is 29.3 Å². The topological polar surface area (TPSA) is 79.1 Å². The van der Waals surface area contributed by atoms with Gasteiger partial charge in [-0.2, -0.15) is 0 Å². The first-order valence-electron chi connectivity index (χ1n) is 6.40. The molecule has 2 aliphatic rings. The first-order chi connectivity index (χ1) is 9.13. The van der Waals surface area contributed by atoms with Gasteiger partial charge in [0.15, 0.2) is 0 Å². The van der Waals surface area contributed by atoms with Crippen LogP contribution in [0.4, 0.5) is 0 Å². The lowest BCUT2D eigenvalue weighted by molar-refractivity contribution is -0.143. The van der Waals surface area contributed by atoms with E-state index in [2.05, 4.69) is 4.99 Å². The first kappa shape index (κ1) is 12.0. The van der Waals surface area contributed by atoms with Crippen molar-refractivity contribution >= 4 is 11.9 Å². The molecule has 3 unspecified atom stereocenters. The Hall–Kier alpha value is -2.04. The van der Waals surface area contributed by atoms with Crippen LogP contribution in [0.2, 0.25) is 0 Å². The number of fused-ring (bicyclic) bond motifs is 1. The number of nitrogens with zero attached hydrogens (tertiary/aromatic N) is 1. The molecule has 100 valence electrons. The molecule has 0 amide bonds. The second-order valence-corrected chi connectivity index (χ2v) is 5.06. The van der Waals surface area contributed by atoms with Crippen molar-refractivity contribution in [3.8, 4) is 5.75 Å². The third-order valence-corrected chi connectivity index (χ3v) is 3.75. The highest BCUT2D eigenvalue weighted by molar-refractivity contribution is 5.95. The van der Waals surface area contributed by atoms with Crippen molar-refractivity contribution in [1.82, 2.24) is 0 Å². The molecule has 1 heterocycles. The molecule has 1 aromatic carbocycles. The van der Waals surface area contributed by atoms with Crippen molar-refractivity contribution in [1.29, 1.82) is 0 Å². The Morgan fingerprint density at radius 3 is 2.95 bits per heavy atom. The number of rotatable bonds is 2. The van der Waals surface area contributed by atoms with Crippen LogP contribution in [-0.4, -0.2) is 34.2 Å². The summed E-state index contributed by atoms with van der Waals surface area (Å²) in [5.41, 5.74) is 0.737. The summed E-state index contributed by atoms with van der Waals surface area (Å²) in [6, 6.07) is 6.80. The van der Waals surface area contributed by atoms with Crippen LogP contribution in [-0.2, 0) is 9.53 Å². The van der Waals surface area contributed by atoms with Gasteiger partial charge in [-0.05, 0) is 37.5 Å². The van der Waals surface area contributed by atoms with Crippen molar-refractivity contribution in [2.24, 2.45) is 10.9 Å². The Balaban J connectivity index is 1.77. The summed E-state index contributed by atoms with van der Waals surface area (Å²) < 4.78 is 5.76. The fourth-order valence-electron chi connectivity index (χ4n) is 2.72. The van der Waals surface area contributed by atoms with E-state index in [-0.39, 0.29) is 23.8 Å². The summed E-state index contributed by atoms with van der Waals surface area (Å²) in [6.45, 7) is 0. The number of carboxylic acids is 1. The molecule has 1 aliphatic heterocycles. The molecule has 5 nitrogen and oxygen atoms in total. The molecule has 1 aromatic rings. The Morgan fingerprint density at radius 2 is 2.21 bits per heavy atom. The number of ether oxygens (including phenoxy) is 1. The van der Waals surface area contributed by atoms with Gasteiger partial charge in [-0.25, -0.2) is 4.99 Å². The number of aliphatic imine (C=N–C) groups is 1. The molecule has 0 bridgehead atoms. The van der Waals surface area contributed by atoms with E-state index in [1.165, 1.54) is 0 Å². The highest BCUT2D eigenvalue weighted by Crippen LogP contribution is 2.33. The van der Waals surface area contributed by atoms with E-state index in [0.717, 1.165) is 12.0 Å². The average Bonchev–Trinajstić information content (AvgIpc) is 2.81. The number of aliphatic carboxylic acids is 1. The van der Waals surface area contributed by atoms with E-state index < -0.39 is 5.97 Å². The number of benzene rings is 1. The lowest BCUT2D eigenvalue weighted by Crippen LogP contribution is -2.34. The maximum absolute atomic E-state index is 11.0. The minimum atomic E-state index is -0.757. The van der Waals surface area contributed by atoms with E-state index in [1.54, 1.807) is 18.2 Å². The molecule has 2 N–H and O–H groups in total. The van der Waals surface area contributed by atoms with Crippen LogP contribution in [0, 0.1) is 5.92 Å². The fraction of sp³-hybridized carbons (Fsp3) is 0.429. The maximum Gasteiger partial charge on any atom is 0.306 e. The molecule has 19 heavy (non-hydrogen) atoms. The Morgan fingerprint density at radius 1 is 1.37 bits per heavy atom. The van der Waals surface area contributed by atoms with Crippen molar-refractivity contribution < 1.29 is 19.7 Å².